The lowest BCUT2D eigenvalue weighted by atomic mass is 10.2. The largest absolute Gasteiger partial charge is 0.245 e. The smallest absolute Gasteiger partial charge is 0.0901 e. The third-order valence-electron chi connectivity index (χ3n) is 2.25. The molecule has 0 N–H and O–H groups in total. The van der Waals surface area contributed by atoms with Gasteiger partial charge in [-0.1, -0.05) is 6.07 Å². The van der Waals surface area contributed by atoms with Gasteiger partial charge in [0.25, 0.3) is 0 Å². The number of thiazole rings is 2. The molecule has 0 radical (unpaired) electrons. The molecule has 0 unspecified atom stereocenters. The van der Waals surface area contributed by atoms with Gasteiger partial charge in [0, 0.05) is 10.9 Å². The summed E-state index contributed by atoms with van der Waals surface area (Å²) in [5.74, 6) is 0. The lowest BCUT2D eigenvalue weighted by Crippen LogP contribution is -1.77. The summed E-state index contributed by atoms with van der Waals surface area (Å²) in [5, 5.41) is 3.20. The predicted molar refractivity (Wildman–Crippen MR) is 65.5 cm³/mol. The van der Waals surface area contributed by atoms with Crippen molar-refractivity contribution in [2.75, 3.05) is 0 Å². The highest BCUT2D eigenvalue weighted by atomic mass is 32.1. The molecule has 0 amide bonds. The maximum absolute atomic E-state index is 4.47. The average Bonchev–Trinajstić information content (AvgIpc) is 2.84. The van der Waals surface area contributed by atoms with Crippen molar-refractivity contribution in [1.29, 1.82) is 0 Å². The molecule has 2 aromatic heterocycles. The second-order valence-electron chi connectivity index (χ2n) is 3.29. The number of aryl methyl sites for hydroxylation is 1. The van der Waals surface area contributed by atoms with Crippen molar-refractivity contribution in [2.45, 2.75) is 6.92 Å². The highest BCUT2D eigenvalue weighted by molar-refractivity contribution is 7.16. The van der Waals surface area contributed by atoms with Gasteiger partial charge in [-0.25, -0.2) is 9.97 Å². The number of rotatable bonds is 1. The van der Waals surface area contributed by atoms with E-state index in [-0.39, 0.29) is 0 Å². The van der Waals surface area contributed by atoms with Gasteiger partial charge >= 0.3 is 0 Å². The summed E-state index contributed by atoms with van der Waals surface area (Å²) in [7, 11) is 0. The highest BCUT2D eigenvalue weighted by Gasteiger charge is 2.04. The van der Waals surface area contributed by atoms with Crippen LogP contribution in [0.25, 0.3) is 21.5 Å². The molecule has 0 atom stereocenters. The van der Waals surface area contributed by atoms with Crippen LogP contribution in [0, 0.1) is 6.92 Å². The van der Waals surface area contributed by atoms with E-state index in [4.69, 9.17) is 0 Å². The van der Waals surface area contributed by atoms with Crippen LogP contribution in [0.1, 0.15) is 5.01 Å². The molecule has 0 aliphatic heterocycles. The number of nitrogens with zero attached hydrogens (tertiary/aromatic N) is 2. The Morgan fingerprint density at radius 1 is 1.20 bits per heavy atom. The van der Waals surface area contributed by atoms with Crippen LogP contribution in [0.2, 0.25) is 0 Å². The van der Waals surface area contributed by atoms with Gasteiger partial charge in [0.15, 0.2) is 0 Å². The zero-order valence-corrected chi connectivity index (χ0v) is 9.73. The van der Waals surface area contributed by atoms with E-state index >= 15 is 0 Å². The van der Waals surface area contributed by atoms with E-state index in [9.17, 15) is 0 Å². The summed E-state index contributed by atoms with van der Waals surface area (Å²) in [5.41, 5.74) is 5.18. The monoisotopic (exact) mass is 232 g/mol. The molecule has 0 fully saturated rings. The van der Waals surface area contributed by atoms with Crippen molar-refractivity contribution in [1.82, 2.24) is 9.97 Å². The zero-order chi connectivity index (χ0) is 10.3. The lowest BCUT2D eigenvalue weighted by molar-refractivity contribution is 1.30. The van der Waals surface area contributed by atoms with E-state index in [1.54, 1.807) is 22.7 Å². The maximum atomic E-state index is 4.47. The quantitative estimate of drug-likeness (QED) is 0.639. The van der Waals surface area contributed by atoms with Crippen molar-refractivity contribution in [3.8, 4) is 11.3 Å². The Kier molecular flexibility index (Phi) is 2.04. The fourth-order valence-corrected chi connectivity index (χ4v) is 2.85. The van der Waals surface area contributed by atoms with Crippen LogP contribution in [0.4, 0.5) is 0 Å². The zero-order valence-electron chi connectivity index (χ0n) is 8.10. The fraction of sp³-hybridized carbons (Fsp3) is 0.0909. The normalized spacial score (nSPS) is 11.0. The van der Waals surface area contributed by atoms with Crippen molar-refractivity contribution in [3.05, 3.63) is 34.1 Å². The van der Waals surface area contributed by atoms with Crippen LogP contribution >= 0.6 is 22.7 Å². The number of hydrogen-bond donors (Lipinski definition) is 0. The Bertz CT molecular complexity index is 610. The first-order chi connectivity index (χ1) is 7.33. The minimum atomic E-state index is 1.06. The molecule has 2 heterocycles. The Labute approximate surface area is 95.3 Å². The summed E-state index contributed by atoms with van der Waals surface area (Å²) in [6.07, 6.45) is 0. The van der Waals surface area contributed by atoms with E-state index in [1.165, 1.54) is 10.3 Å². The van der Waals surface area contributed by atoms with Gasteiger partial charge < -0.3 is 0 Å². The first kappa shape index (κ1) is 9.00. The minimum Gasteiger partial charge on any atom is -0.245 e. The Morgan fingerprint density at radius 2 is 2.13 bits per heavy atom. The molecule has 2 nitrogen and oxygen atoms in total. The van der Waals surface area contributed by atoms with E-state index in [2.05, 4.69) is 33.5 Å². The van der Waals surface area contributed by atoms with Crippen molar-refractivity contribution in [2.24, 2.45) is 0 Å². The SMILES string of the molecule is Cc1nc(-c2ccc3ncsc3c2)cs1. The summed E-state index contributed by atoms with van der Waals surface area (Å²) >= 11 is 3.35. The minimum absolute atomic E-state index is 1.06. The second-order valence-corrected chi connectivity index (χ2v) is 5.24. The highest BCUT2D eigenvalue weighted by Crippen LogP contribution is 2.26. The van der Waals surface area contributed by atoms with Crippen LogP contribution in [-0.4, -0.2) is 9.97 Å². The molecular formula is C11H8N2S2. The number of benzene rings is 1. The van der Waals surface area contributed by atoms with Crippen LogP contribution in [-0.2, 0) is 0 Å². The topological polar surface area (TPSA) is 25.8 Å². The van der Waals surface area contributed by atoms with Crippen molar-refractivity contribution >= 4 is 32.9 Å². The molecule has 0 spiro atoms. The summed E-state index contributed by atoms with van der Waals surface area (Å²) in [4.78, 5) is 8.73. The average molecular weight is 232 g/mol. The molecule has 4 heteroatoms. The van der Waals surface area contributed by atoms with Crippen LogP contribution in [0.3, 0.4) is 0 Å². The van der Waals surface area contributed by atoms with E-state index < -0.39 is 0 Å². The van der Waals surface area contributed by atoms with Crippen molar-refractivity contribution < 1.29 is 0 Å². The Morgan fingerprint density at radius 3 is 2.93 bits per heavy atom. The lowest BCUT2D eigenvalue weighted by Gasteiger charge is -1.95. The standard InChI is InChI=1S/C11H8N2S2/c1-7-13-10(5-14-7)8-2-3-9-11(4-8)15-6-12-9/h2-6H,1H3. The molecule has 74 valence electrons. The molecule has 0 bridgehead atoms. The molecule has 0 aliphatic carbocycles. The van der Waals surface area contributed by atoms with E-state index in [0.29, 0.717) is 0 Å². The van der Waals surface area contributed by atoms with Gasteiger partial charge in [0.05, 0.1) is 26.4 Å². The van der Waals surface area contributed by atoms with Gasteiger partial charge in [-0.2, -0.15) is 0 Å². The molecule has 3 rings (SSSR count). The molecule has 0 saturated carbocycles. The number of aromatic nitrogens is 2. The summed E-state index contributed by atoms with van der Waals surface area (Å²) in [6.45, 7) is 2.03. The molecular weight excluding hydrogens is 224 g/mol. The fourth-order valence-electron chi connectivity index (χ4n) is 1.51. The number of fused-ring (bicyclic) bond motifs is 1. The van der Waals surface area contributed by atoms with Crippen LogP contribution in [0.5, 0.6) is 0 Å². The van der Waals surface area contributed by atoms with Gasteiger partial charge in [0.2, 0.25) is 0 Å². The predicted octanol–water partition coefficient (Wildman–Crippen LogP) is 3.73. The second kappa shape index (κ2) is 3.40. The summed E-state index contributed by atoms with van der Waals surface area (Å²) in [6, 6.07) is 6.29. The van der Waals surface area contributed by atoms with Crippen LogP contribution < -0.4 is 0 Å². The van der Waals surface area contributed by atoms with Gasteiger partial charge in [-0.15, -0.1) is 22.7 Å². The molecule has 15 heavy (non-hydrogen) atoms. The van der Waals surface area contributed by atoms with Gasteiger partial charge in [0.1, 0.15) is 0 Å². The molecule has 3 aromatic rings. The number of hydrogen-bond acceptors (Lipinski definition) is 4. The van der Waals surface area contributed by atoms with E-state index in [0.717, 1.165) is 16.2 Å². The summed E-state index contributed by atoms with van der Waals surface area (Å²) < 4.78 is 1.22. The Hall–Kier alpha value is -1.26. The molecule has 0 saturated heterocycles. The molecule has 0 aliphatic rings. The van der Waals surface area contributed by atoms with Crippen molar-refractivity contribution in [3.63, 3.8) is 0 Å². The third kappa shape index (κ3) is 1.56. The Balaban J connectivity index is 2.18. The molecule has 1 aromatic carbocycles. The maximum Gasteiger partial charge on any atom is 0.0901 e. The van der Waals surface area contributed by atoms with Gasteiger partial charge in [-0.05, 0) is 19.1 Å². The van der Waals surface area contributed by atoms with E-state index in [1.807, 2.05) is 12.4 Å². The first-order valence-electron chi connectivity index (χ1n) is 4.59. The third-order valence-corrected chi connectivity index (χ3v) is 3.81. The van der Waals surface area contributed by atoms with Crippen LogP contribution in [0.15, 0.2) is 29.1 Å². The van der Waals surface area contributed by atoms with Gasteiger partial charge in [-0.3, -0.25) is 0 Å². The first-order valence-corrected chi connectivity index (χ1v) is 6.34.